The van der Waals surface area contributed by atoms with Crippen LogP contribution < -0.4 is 0 Å². The van der Waals surface area contributed by atoms with Crippen LogP contribution in [-0.2, 0) is 4.74 Å². The smallest absolute Gasteiger partial charge is 0.254 e. The molecule has 5 heteroatoms. The summed E-state index contributed by atoms with van der Waals surface area (Å²) in [6.45, 7) is 1.27. The van der Waals surface area contributed by atoms with Crippen molar-refractivity contribution in [3.63, 3.8) is 0 Å². The van der Waals surface area contributed by atoms with Gasteiger partial charge in [0, 0.05) is 18.5 Å². The van der Waals surface area contributed by atoms with Gasteiger partial charge < -0.3 is 14.7 Å². The Balaban J connectivity index is 2.57. The summed E-state index contributed by atoms with van der Waals surface area (Å²) in [5, 5.41) is 8.58. The van der Waals surface area contributed by atoms with Crippen LogP contribution in [0.2, 0.25) is 0 Å². The van der Waals surface area contributed by atoms with Crippen LogP contribution in [-0.4, -0.2) is 55.6 Å². The van der Waals surface area contributed by atoms with Gasteiger partial charge in [0.1, 0.15) is 0 Å². The summed E-state index contributed by atoms with van der Waals surface area (Å²) < 4.78 is 5.15. The van der Waals surface area contributed by atoms with Crippen LogP contribution in [0.5, 0.6) is 0 Å². The average Bonchev–Trinajstić information content (AvgIpc) is 2.42. The van der Waals surface area contributed by atoms with E-state index in [0.717, 1.165) is 10.5 Å². The largest absolute Gasteiger partial charge is 0.394 e. The van der Waals surface area contributed by atoms with Crippen LogP contribution >= 0.6 is 11.8 Å². The molecule has 0 aliphatic rings. The standard InChI is InChI=1S/C13H19NO3S/c1-14(7-9-17-10-8-15)13(16)11-5-3-4-6-12(11)18-2/h3-6,15H,7-10H2,1-2H3. The molecule has 1 aromatic rings. The van der Waals surface area contributed by atoms with E-state index in [1.165, 1.54) is 0 Å². The second-order valence-electron chi connectivity index (χ2n) is 3.76. The van der Waals surface area contributed by atoms with Gasteiger partial charge in [-0.25, -0.2) is 0 Å². The van der Waals surface area contributed by atoms with Crippen LogP contribution in [0.4, 0.5) is 0 Å². The van der Waals surface area contributed by atoms with Crippen molar-refractivity contribution in [3.8, 4) is 0 Å². The van der Waals surface area contributed by atoms with Crippen molar-refractivity contribution < 1.29 is 14.6 Å². The number of aliphatic hydroxyl groups is 1. The minimum absolute atomic E-state index is 0.00690. The Morgan fingerprint density at radius 2 is 2.11 bits per heavy atom. The fraction of sp³-hybridized carbons (Fsp3) is 0.462. The maximum atomic E-state index is 12.2. The highest BCUT2D eigenvalue weighted by Gasteiger charge is 2.14. The zero-order valence-electron chi connectivity index (χ0n) is 10.8. The normalized spacial score (nSPS) is 10.4. The van der Waals surface area contributed by atoms with E-state index in [0.29, 0.717) is 19.8 Å². The number of rotatable bonds is 7. The number of hydrogen-bond donors (Lipinski definition) is 1. The highest BCUT2D eigenvalue weighted by Crippen LogP contribution is 2.20. The van der Waals surface area contributed by atoms with Gasteiger partial charge in [-0.15, -0.1) is 11.8 Å². The summed E-state index contributed by atoms with van der Waals surface area (Å²) in [5.41, 5.74) is 0.717. The summed E-state index contributed by atoms with van der Waals surface area (Å²) in [5.74, 6) is -0.00690. The Bertz CT molecular complexity index is 384. The molecule has 0 unspecified atom stereocenters. The Labute approximate surface area is 112 Å². The van der Waals surface area contributed by atoms with Crippen LogP contribution in [0.25, 0.3) is 0 Å². The minimum atomic E-state index is -0.00690. The lowest BCUT2D eigenvalue weighted by Gasteiger charge is -2.18. The predicted molar refractivity (Wildman–Crippen MR) is 73.1 cm³/mol. The molecule has 0 fully saturated rings. The van der Waals surface area contributed by atoms with Crippen molar-refractivity contribution in [2.24, 2.45) is 0 Å². The molecule has 4 nitrogen and oxygen atoms in total. The number of carbonyl (C=O) groups is 1. The molecule has 0 saturated carbocycles. The van der Waals surface area contributed by atoms with E-state index in [9.17, 15) is 4.79 Å². The number of aliphatic hydroxyl groups excluding tert-OH is 1. The number of hydrogen-bond acceptors (Lipinski definition) is 4. The zero-order valence-corrected chi connectivity index (χ0v) is 11.6. The average molecular weight is 269 g/mol. The van der Waals surface area contributed by atoms with Crippen LogP contribution in [0.1, 0.15) is 10.4 Å². The molecule has 1 amide bonds. The lowest BCUT2D eigenvalue weighted by atomic mass is 10.2. The molecule has 0 bridgehead atoms. The van der Waals surface area contributed by atoms with Crippen LogP contribution in [0.15, 0.2) is 29.2 Å². The summed E-state index contributed by atoms with van der Waals surface area (Å²) in [4.78, 5) is 14.8. The number of thioether (sulfide) groups is 1. The van der Waals surface area contributed by atoms with E-state index in [1.807, 2.05) is 30.5 Å². The molecule has 18 heavy (non-hydrogen) atoms. The molecule has 0 atom stereocenters. The summed E-state index contributed by atoms with van der Waals surface area (Å²) in [7, 11) is 1.75. The zero-order chi connectivity index (χ0) is 13.4. The second kappa shape index (κ2) is 8.13. The van der Waals surface area contributed by atoms with Crippen molar-refractivity contribution in [2.75, 3.05) is 39.7 Å². The second-order valence-corrected chi connectivity index (χ2v) is 4.61. The summed E-state index contributed by atoms with van der Waals surface area (Å²) in [6.07, 6.45) is 1.95. The van der Waals surface area contributed by atoms with Gasteiger partial charge in [-0.1, -0.05) is 12.1 Å². The van der Waals surface area contributed by atoms with Crippen LogP contribution in [0.3, 0.4) is 0 Å². The topological polar surface area (TPSA) is 49.8 Å². The lowest BCUT2D eigenvalue weighted by Crippen LogP contribution is -2.30. The maximum absolute atomic E-state index is 12.2. The minimum Gasteiger partial charge on any atom is -0.394 e. The van der Waals surface area contributed by atoms with E-state index in [1.54, 1.807) is 23.7 Å². The molecule has 0 aromatic heterocycles. The van der Waals surface area contributed by atoms with Gasteiger partial charge in [-0.2, -0.15) is 0 Å². The number of amides is 1. The van der Waals surface area contributed by atoms with Gasteiger partial charge in [0.2, 0.25) is 0 Å². The Morgan fingerprint density at radius 1 is 1.39 bits per heavy atom. The first-order valence-electron chi connectivity index (χ1n) is 5.77. The quantitative estimate of drug-likeness (QED) is 0.602. The number of benzene rings is 1. The molecular formula is C13H19NO3S. The van der Waals surface area contributed by atoms with Gasteiger partial charge in [0.25, 0.3) is 5.91 Å². The number of nitrogens with zero attached hydrogens (tertiary/aromatic N) is 1. The van der Waals surface area contributed by atoms with E-state index in [2.05, 4.69) is 0 Å². The van der Waals surface area contributed by atoms with E-state index < -0.39 is 0 Å². The molecule has 0 saturated heterocycles. The predicted octanol–water partition coefficient (Wildman–Crippen LogP) is 1.49. The Morgan fingerprint density at radius 3 is 2.78 bits per heavy atom. The third kappa shape index (κ3) is 4.33. The van der Waals surface area contributed by atoms with Crippen molar-refractivity contribution in [1.29, 1.82) is 0 Å². The molecule has 0 heterocycles. The number of likely N-dealkylation sites (N-methyl/N-ethyl adjacent to an activating group) is 1. The van der Waals surface area contributed by atoms with Crippen molar-refractivity contribution in [3.05, 3.63) is 29.8 Å². The first-order chi connectivity index (χ1) is 8.70. The van der Waals surface area contributed by atoms with Gasteiger partial charge in [-0.3, -0.25) is 4.79 Å². The molecule has 0 aliphatic heterocycles. The van der Waals surface area contributed by atoms with Gasteiger partial charge in [-0.05, 0) is 18.4 Å². The molecule has 100 valence electrons. The molecular weight excluding hydrogens is 250 g/mol. The number of ether oxygens (including phenoxy) is 1. The Hall–Kier alpha value is -1.04. The highest BCUT2D eigenvalue weighted by molar-refractivity contribution is 7.98. The summed E-state index contributed by atoms with van der Waals surface area (Å²) >= 11 is 1.56. The van der Waals surface area contributed by atoms with E-state index in [4.69, 9.17) is 9.84 Å². The van der Waals surface area contributed by atoms with Crippen molar-refractivity contribution in [1.82, 2.24) is 4.90 Å². The maximum Gasteiger partial charge on any atom is 0.254 e. The summed E-state index contributed by atoms with van der Waals surface area (Å²) in [6, 6.07) is 7.56. The van der Waals surface area contributed by atoms with Crippen molar-refractivity contribution >= 4 is 17.7 Å². The third-order valence-corrected chi connectivity index (χ3v) is 3.29. The van der Waals surface area contributed by atoms with Gasteiger partial charge in [0.05, 0.1) is 25.4 Å². The van der Waals surface area contributed by atoms with Gasteiger partial charge in [0.15, 0.2) is 0 Å². The molecule has 1 N–H and O–H groups in total. The Kier molecular flexibility index (Phi) is 6.78. The first kappa shape index (κ1) is 15.0. The highest BCUT2D eigenvalue weighted by atomic mass is 32.2. The third-order valence-electron chi connectivity index (χ3n) is 2.49. The SMILES string of the molecule is CSc1ccccc1C(=O)N(C)CCOCCO. The molecule has 0 aliphatic carbocycles. The lowest BCUT2D eigenvalue weighted by molar-refractivity contribution is 0.0616. The fourth-order valence-corrected chi connectivity index (χ4v) is 2.09. The van der Waals surface area contributed by atoms with E-state index in [-0.39, 0.29) is 12.5 Å². The molecule has 1 aromatic carbocycles. The molecule has 0 spiro atoms. The fourth-order valence-electron chi connectivity index (χ4n) is 1.50. The monoisotopic (exact) mass is 269 g/mol. The molecule has 0 radical (unpaired) electrons. The molecule has 1 rings (SSSR count). The first-order valence-corrected chi connectivity index (χ1v) is 7.00. The van der Waals surface area contributed by atoms with Crippen LogP contribution in [0, 0.1) is 0 Å². The van der Waals surface area contributed by atoms with Gasteiger partial charge >= 0.3 is 0 Å². The number of carbonyl (C=O) groups excluding carboxylic acids is 1. The van der Waals surface area contributed by atoms with E-state index >= 15 is 0 Å². The van der Waals surface area contributed by atoms with Crippen molar-refractivity contribution in [2.45, 2.75) is 4.90 Å².